The van der Waals surface area contributed by atoms with E-state index in [1.54, 1.807) is 6.07 Å². The molecule has 1 amide bonds. The van der Waals surface area contributed by atoms with Crippen molar-refractivity contribution in [2.45, 2.75) is 53.2 Å². The fourth-order valence-electron chi connectivity index (χ4n) is 4.81. The zero-order valence-corrected chi connectivity index (χ0v) is 22.9. The Kier molecular flexibility index (Phi) is 8.28. The first-order valence-electron chi connectivity index (χ1n) is 13.1. The third-order valence-corrected chi connectivity index (χ3v) is 7.15. The molecule has 3 aromatic rings. The zero-order valence-electron chi connectivity index (χ0n) is 22.9. The number of carbonyl (C=O) groups is 1. The van der Waals surface area contributed by atoms with E-state index in [0.29, 0.717) is 49.1 Å². The van der Waals surface area contributed by atoms with E-state index >= 15 is 0 Å². The highest BCUT2D eigenvalue weighted by molar-refractivity contribution is 5.76. The predicted molar refractivity (Wildman–Crippen MR) is 149 cm³/mol. The van der Waals surface area contributed by atoms with Gasteiger partial charge in [0.05, 0.1) is 29.4 Å². The van der Waals surface area contributed by atoms with Crippen LogP contribution >= 0.6 is 0 Å². The van der Waals surface area contributed by atoms with Gasteiger partial charge in [-0.3, -0.25) is 9.69 Å². The second-order valence-corrected chi connectivity index (χ2v) is 10.3. The normalized spacial score (nSPS) is 15.9. The second kappa shape index (κ2) is 11.6. The van der Waals surface area contributed by atoms with Crippen LogP contribution in [0.2, 0.25) is 0 Å². The number of ether oxygens (including phenoxy) is 1. The average molecular weight is 513 g/mol. The van der Waals surface area contributed by atoms with Crippen LogP contribution < -0.4 is 15.4 Å². The summed E-state index contributed by atoms with van der Waals surface area (Å²) in [5, 5.41) is 9.68. The molecule has 2 heterocycles. The summed E-state index contributed by atoms with van der Waals surface area (Å²) in [4.78, 5) is 25.7. The number of carbonyl (C=O) groups excluding carboxylic acids is 1. The number of benzene rings is 2. The van der Waals surface area contributed by atoms with Gasteiger partial charge in [-0.2, -0.15) is 5.26 Å². The molecule has 8 heteroatoms. The Morgan fingerprint density at radius 2 is 1.95 bits per heavy atom. The average Bonchev–Trinajstić information content (AvgIpc) is 2.89. The third-order valence-electron chi connectivity index (χ3n) is 7.15. The first-order chi connectivity index (χ1) is 18.2. The molecule has 2 N–H and O–H groups in total. The summed E-state index contributed by atoms with van der Waals surface area (Å²) in [6.07, 6.45) is 0. The number of amides is 1. The molecule has 4 rings (SSSR count). The van der Waals surface area contributed by atoms with E-state index < -0.39 is 0 Å². The van der Waals surface area contributed by atoms with Crippen LogP contribution in [-0.4, -0.2) is 53.0 Å². The van der Waals surface area contributed by atoms with Gasteiger partial charge in [0.1, 0.15) is 18.2 Å². The zero-order chi connectivity index (χ0) is 27.4. The van der Waals surface area contributed by atoms with Gasteiger partial charge in [-0.05, 0) is 56.0 Å². The number of hydrogen-bond donors (Lipinski definition) is 1. The van der Waals surface area contributed by atoms with Crippen LogP contribution in [0.5, 0.6) is 5.75 Å². The van der Waals surface area contributed by atoms with Crippen molar-refractivity contribution in [2.24, 2.45) is 5.73 Å². The molecule has 198 valence electrons. The molecular weight excluding hydrogens is 476 g/mol. The van der Waals surface area contributed by atoms with E-state index in [1.807, 2.05) is 32.0 Å². The molecule has 38 heavy (non-hydrogen) atoms. The Balaban J connectivity index is 1.72. The summed E-state index contributed by atoms with van der Waals surface area (Å²) >= 11 is 0. The summed E-state index contributed by atoms with van der Waals surface area (Å²) < 4.78 is 6.39. The molecule has 0 radical (unpaired) electrons. The molecule has 1 atom stereocenters. The fraction of sp³-hybridized carbons (Fsp3) is 0.400. The maximum Gasteiger partial charge on any atom is 0.231 e. The number of rotatable bonds is 8. The van der Waals surface area contributed by atoms with Crippen molar-refractivity contribution in [1.82, 2.24) is 14.9 Å². The van der Waals surface area contributed by atoms with E-state index in [2.05, 4.69) is 54.8 Å². The molecule has 1 fully saturated rings. The van der Waals surface area contributed by atoms with Gasteiger partial charge in [0.2, 0.25) is 5.91 Å². The molecule has 1 aromatic heterocycles. The smallest absolute Gasteiger partial charge is 0.231 e. The van der Waals surface area contributed by atoms with Gasteiger partial charge in [0.25, 0.3) is 0 Å². The van der Waals surface area contributed by atoms with Crippen LogP contribution in [0.25, 0.3) is 11.4 Å². The number of aryl methyl sites for hydroxylation is 2. The molecule has 1 aliphatic heterocycles. The SMILES string of the molecule is Cc1ccc(C(C)C)cc1OCc1c(C)nc(-c2ccccc2C#N)nc1N1CCN(CC(N)=O)C(C)C1. The van der Waals surface area contributed by atoms with Crippen LogP contribution in [0.1, 0.15) is 54.6 Å². The molecule has 1 unspecified atom stereocenters. The first kappa shape index (κ1) is 27.1. The number of primary amides is 1. The summed E-state index contributed by atoms with van der Waals surface area (Å²) in [6.45, 7) is 13.0. The van der Waals surface area contributed by atoms with Crippen molar-refractivity contribution in [3.05, 3.63) is 70.4 Å². The largest absolute Gasteiger partial charge is 0.488 e. The van der Waals surface area contributed by atoms with Crippen molar-refractivity contribution >= 4 is 11.7 Å². The number of hydrogen-bond acceptors (Lipinski definition) is 7. The van der Waals surface area contributed by atoms with Crippen LogP contribution in [-0.2, 0) is 11.4 Å². The third kappa shape index (κ3) is 5.95. The molecular formula is C30H36N6O2. The summed E-state index contributed by atoms with van der Waals surface area (Å²) in [5.74, 6) is 2.23. The van der Waals surface area contributed by atoms with E-state index in [1.165, 1.54) is 5.56 Å². The van der Waals surface area contributed by atoms with Crippen molar-refractivity contribution in [3.8, 4) is 23.2 Å². The second-order valence-electron chi connectivity index (χ2n) is 10.3. The van der Waals surface area contributed by atoms with Crippen LogP contribution in [0.3, 0.4) is 0 Å². The van der Waals surface area contributed by atoms with Crippen molar-refractivity contribution in [1.29, 1.82) is 5.26 Å². The number of nitrogens with two attached hydrogens (primary N) is 1. The minimum absolute atomic E-state index is 0.111. The van der Waals surface area contributed by atoms with Crippen molar-refractivity contribution in [2.75, 3.05) is 31.1 Å². The molecule has 0 aliphatic carbocycles. The molecule has 0 spiro atoms. The van der Waals surface area contributed by atoms with Gasteiger partial charge in [0.15, 0.2) is 5.82 Å². The van der Waals surface area contributed by atoms with Gasteiger partial charge < -0.3 is 15.4 Å². The highest BCUT2D eigenvalue weighted by atomic mass is 16.5. The monoisotopic (exact) mass is 512 g/mol. The molecule has 0 bridgehead atoms. The lowest BCUT2D eigenvalue weighted by Gasteiger charge is -2.40. The fourth-order valence-corrected chi connectivity index (χ4v) is 4.81. The Bertz CT molecular complexity index is 1360. The highest BCUT2D eigenvalue weighted by Gasteiger charge is 2.28. The lowest BCUT2D eigenvalue weighted by atomic mass is 10.0. The van der Waals surface area contributed by atoms with Gasteiger partial charge in [0, 0.05) is 31.2 Å². The quantitative estimate of drug-likeness (QED) is 0.478. The number of anilines is 1. The first-order valence-corrected chi connectivity index (χ1v) is 13.1. The lowest BCUT2D eigenvalue weighted by Crippen LogP contribution is -2.54. The number of aromatic nitrogens is 2. The van der Waals surface area contributed by atoms with Crippen LogP contribution in [0.4, 0.5) is 5.82 Å². The Morgan fingerprint density at radius 3 is 2.63 bits per heavy atom. The number of nitrogens with zero attached hydrogens (tertiary/aromatic N) is 5. The van der Waals surface area contributed by atoms with E-state index in [-0.39, 0.29) is 18.5 Å². The molecule has 1 saturated heterocycles. The summed E-state index contributed by atoms with van der Waals surface area (Å²) in [6, 6.07) is 16.1. The molecule has 1 aliphatic rings. The minimum Gasteiger partial charge on any atom is -0.488 e. The van der Waals surface area contributed by atoms with Crippen molar-refractivity contribution in [3.63, 3.8) is 0 Å². The van der Waals surface area contributed by atoms with E-state index in [0.717, 1.165) is 28.4 Å². The predicted octanol–water partition coefficient (Wildman–Crippen LogP) is 4.33. The molecule has 8 nitrogen and oxygen atoms in total. The highest BCUT2D eigenvalue weighted by Crippen LogP contribution is 2.31. The van der Waals surface area contributed by atoms with E-state index in [9.17, 15) is 10.1 Å². The van der Waals surface area contributed by atoms with Gasteiger partial charge in [-0.1, -0.05) is 38.1 Å². The maximum absolute atomic E-state index is 11.5. The maximum atomic E-state index is 11.5. The standard InChI is InChI=1S/C30H36N6O2/c1-19(2)23-11-10-20(3)27(14-23)38-18-26-22(5)33-29(25-9-7-6-8-24(25)15-31)34-30(26)36-13-12-35(17-28(32)37)21(4)16-36/h6-11,14,19,21H,12-13,16-18H2,1-5H3,(H2,32,37). The summed E-state index contributed by atoms with van der Waals surface area (Å²) in [7, 11) is 0. The van der Waals surface area contributed by atoms with Gasteiger partial charge in [-0.15, -0.1) is 0 Å². The van der Waals surface area contributed by atoms with Crippen molar-refractivity contribution < 1.29 is 9.53 Å². The van der Waals surface area contributed by atoms with Gasteiger partial charge >= 0.3 is 0 Å². The Hall–Kier alpha value is -3.96. The Labute approximate surface area is 225 Å². The van der Waals surface area contributed by atoms with Gasteiger partial charge in [-0.25, -0.2) is 9.97 Å². The number of piperazine rings is 1. The van der Waals surface area contributed by atoms with E-state index in [4.69, 9.17) is 20.4 Å². The minimum atomic E-state index is -0.327. The van der Waals surface area contributed by atoms with Crippen LogP contribution in [0.15, 0.2) is 42.5 Å². The molecule has 2 aromatic carbocycles. The topological polar surface area (TPSA) is 108 Å². The number of nitriles is 1. The summed E-state index contributed by atoms with van der Waals surface area (Å²) in [5.41, 5.74) is 10.7. The molecule has 0 saturated carbocycles. The Morgan fingerprint density at radius 1 is 1.18 bits per heavy atom. The lowest BCUT2D eigenvalue weighted by molar-refractivity contribution is -0.119. The van der Waals surface area contributed by atoms with Crippen LogP contribution in [0, 0.1) is 25.2 Å².